The van der Waals surface area contributed by atoms with Crippen molar-refractivity contribution in [1.82, 2.24) is 9.80 Å². The Kier molecular flexibility index (Phi) is 4.37. The fourth-order valence-corrected chi connectivity index (χ4v) is 2.17. The van der Waals surface area contributed by atoms with E-state index < -0.39 is 0 Å². The van der Waals surface area contributed by atoms with Gasteiger partial charge in [0.1, 0.15) is 0 Å². The second-order valence-electron chi connectivity index (χ2n) is 4.70. The third-order valence-electron chi connectivity index (χ3n) is 3.39. The van der Waals surface area contributed by atoms with Crippen LogP contribution in [0.15, 0.2) is 36.0 Å². The molecule has 0 aromatic heterocycles. The molecule has 1 aliphatic heterocycles. The summed E-state index contributed by atoms with van der Waals surface area (Å²) in [6.07, 6.45) is 13.4. The fraction of sp³-hybridized carbons (Fsp3) is 0.571. The van der Waals surface area contributed by atoms with Crippen LogP contribution in [0.3, 0.4) is 0 Å². The maximum absolute atomic E-state index is 2.58. The molecule has 2 rings (SSSR count). The summed E-state index contributed by atoms with van der Waals surface area (Å²) in [5.74, 6) is 0. The molecule has 2 heteroatoms. The maximum atomic E-state index is 2.58. The molecule has 1 fully saturated rings. The van der Waals surface area contributed by atoms with Gasteiger partial charge in [-0.25, -0.2) is 0 Å². The third-order valence-corrected chi connectivity index (χ3v) is 3.39. The Bertz CT molecular complexity index is 294. The van der Waals surface area contributed by atoms with E-state index in [-0.39, 0.29) is 0 Å². The molecule has 0 N–H and O–H groups in total. The van der Waals surface area contributed by atoms with Crippen LogP contribution in [0.5, 0.6) is 0 Å². The van der Waals surface area contributed by atoms with Crippen LogP contribution in [0.4, 0.5) is 0 Å². The highest BCUT2D eigenvalue weighted by atomic mass is 15.2. The quantitative estimate of drug-likeness (QED) is 0.715. The maximum Gasteiger partial charge on any atom is 0.0110 e. The summed E-state index contributed by atoms with van der Waals surface area (Å²) in [6.45, 7) is 6.11. The highest BCUT2D eigenvalue weighted by Gasteiger charge is 2.13. The first-order valence-corrected chi connectivity index (χ1v) is 6.28. The number of piperazine rings is 1. The van der Waals surface area contributed by atoms with Crippen molar-refractivity contribution in [2.75, 3.05) is 39.8 Å². The Morgan fingerprint density at radius 2 is 1.94 bits per heavy atom. The Morgan fingerprint density at radius 3 is 2.75 bits per heavy atom. The lowest BCUT2D eigenvalue weighted by Gasteiger charge is -2.32. The third kappa shape index (κ3) is 3.62. The zero-order valence-corrected chi connectivity index (χ0v) is 10.2. The molecule has 0 spiro atoms. The first kappa shape index (κ1) is 11.6. The molecule has 0 radical (unpaired) electrons. The number of hydrogen-bond donors (Lipinski definition) is 0. The van der Waals surface area contributed by atoms with Gasteiger partial charge in [-0.2, -0.15) is 0 Å². The number of nitrogens with zero attached hydrogens (tertiary/aromatic N) is 2. The number of hydrogen-bond acceptors (Lipinski definition) is 2. The van der Waals surface area contributed by atoms with Crippen LogP contribution in [-0.2, 0) is 0 Å². The van der Waals surface area contributed by atoms with Gasteiger partial charge in [0.25, 0.3) is 0 Å². The largest absolute Gasteiger partial charge is 0.304 e. The number of rotatable bonds is 3. The lowest BCUT2D eigenvalue weighted by atomic mass is 10.1. The van der Waals surface area contributed by atoms with Gasteiger partial charge in [0.05, 0.1) is 0 Å². The van der Waals surface area contributed by atoms with E-state index in [2.05, 4.69) is 47.2 Å². The molecule has 88 valence electrons. The summed E-state index contributed by atoms with van der Waals surface area (Å²) in [6, 6.07) is 0. The highest BCUT2D eigenvalue weighted by Crippen LogP contribution is 2.11. The van der Waals surface area contributed by atoms with Crippen molar-refractivity contribution in [1.29, 1.82) is 0 Å². The van der Waals surface area contributed by atoms with Gasteiger partial charge < -0.3 is 9.80 Å². The Hall–Kier alpha value is -0.860. The molecule has 1 aliphatic carbocycles. The molecule has 0 saturated carbocycles. The van der Waals surface area contributed by atoms with Crippen molar-refractivity contribution in [2.45, 2.75) is 12.8 Å². The summed E-state index contributed by atoms with van der Waals surface area (Å²) in [5, 5.41) is 0. The monoisotopic (exact) mass is 218 g/mol. The van der Waals surface area contributed by atoms with Gasteiger partial charge in [0.2, 0.25) is 0 Å². The molecule has 16 heavy (non-hydrogen) atoms. The van der Waals surface area contributed by atoms with Gasteiger partial charge in [-0.1, -0.05) is 36.0 Å². The SMILES string of the molecule is CN1CCN(CCC2=CCC=CC=C2)CC1. The Labute approximate surface area is 98.9 Å². The molecule has 0 aromatic rings. The van der Waals surface area contributed by atoms with E-state index in [9.17, 15) is 0 Å². The van der Waals surface area contributed by atoms with Crippen molar-refractivity contribution in [2.24, 2.45) is 0 Å². The summed E-state index contributed by atoms with van der Waals surface area (Å²) < 4.78 is 0. The summed E-state index contributed by atoms with van der Waals surface area (Å²) in [5.41, 5.74) is 1.49. The standard InChI is InChI=1S/C14H22N2/c1-15-10-12-16(13-11-15)9-8-14-6-4-2-3-5-7-14/h2-4,6-7H,5,8-13H2,1H3. The number of allylic oxidation sites excluding steroid dienone is 5. The Balaban J connectivity index is 1.73. The van der Waals surface area contributed by atoms with Crippen LogP contribution in [-0.4, -0.2) is 49.6 Å². The van der Waals surface area contributed by atoms with E-state index >= 15 is 0 Å². The van der Waals surface area contributed by atoms with Crippen molar-refractivity contribution in [3.63, 3.8) is 0 Å². The molecule has 1 saturated heterocycles. The van der Waals surface area contributed by atoms with E-state index in [0.717, 1.165) is 6.42 Å². The van der Waals surface area contributed by atoms with E-state index in [4.69, 9.17) is 0 Å². The summed E-state index contributed by atoms with van der Waals surface area (Å²) >= 11 is 0. The molecule has 0 aromatic carbocycles. The van der Waals surface area contributed by atoms with Gasteiger partial charge in [-0.05, 0) is 19.9 Å². The fourth-order valence-electron chi connectivity index (χ4n) is 2.17. The minimum atomic E-state index is 1.09. The number of likely N-dealkylation sites (N-methyl/N-ethyl adjacent to an activating group) is 1. The molecule has 0 atom stereocenters. The van der Waals surface area contributed by atoms with Gasteiger partial charge >= 0.3 is 0 Å². The zero-order chi connectivity index (χ0) is 11.2. The molecule has 0 unspecified atom stereocenters. The lowest BCUT2D eigenvalue weighted by molar-refractivity contribution is 0.155. The average Bonchev–Trinajstić information content (AvgIpc) is 2.57. The predicted octanol–water partition coefficient (Wildman–Crippen LogP) is 2.07. The first-order valence-electron chi connectivity index (χ1n) is 6.28. The van der Waals surface area contributed by atoms with E-state index in [1.54, 1.807) is 0 Å². The second-order valence-corrected chi connectivity index (χ2v) is 4.70. The van der Waals surface area contributed by atoms with Gasteiger partial charge in [0.15, 0.2) is 0 Å². The summed E-state index contributed by atoms with van der Waals surface area (Å²) in [4.78, 5) is 4.98. The van der Waals surface area contributed by atoms with Crippen LogP contribution in [0.25, 0.3) is 0 Å². The highest BCUT2D eigenvalue weighted by molar-refractivity contribution is 5.26. The molecule has 0 amide bonds. The normalized spacial score (nSPS) is 23.2. The van der Waals surface area contributed by atoms with Crippen LogP contribution >= 0.6 is 0 Å². The zero-order valence-electron chi connectivity index (χ0n) is 10.2. The van der Waals surface area contributed by atoms with E-state index in [1.165, 1.54) is 44.7 Å². The minimum absolute atomic E-state index is 1.09. The predicted molar refractivity (Wildman–Crippen MR) is 69.5 cm³/mol. The topological polar surface area (TPSA) is 6.48 Å². The molecule has 1 heterocycles. The molecule has 2 nitrogen and oxygen atoms in total. The van der Waals surface area contributed by atoms with Crippen LogP contribution in [0, 0.1) is 0 Å². The summed E-state index contributed by atoms with van der Waals surface area (Å²) in [7, 11) is 2.21. The Morgan fingerprint density at radius 1 is 1.12 bits per heavy atom. The van der Waals surface area contributed by atoms with Gasteiger partial charge in [0, 0.05) is 32.7 Å². The van der Waals surface area contributed by atoms with Crippen LogP contribution < -0.4 is 0 Å². The minimum Gasteiger partial charge on any atom is -0.304 e. The van der Waals surface area contributed by atoms with Crippen molar-refractivity contribution in [3.05, 3.63) is 36.0 Å². The smallest absolute Gasteiger partial charge is 0.0110 e. The molecular weight excluding hydrogens is 196 g/mol. The first-order chi connectivity index (χ1) is 7.84. The average molecular weight is 218 g/mol. The second kappa shape index (κ2) is 6.02. The van der Waals surface area contributed by atoms with Crippen molar-refractivity contribution >= 4 is 0 Å². The van der Waals surface area contributed by atoms with Crippen molar-refractivity contribution in [3.8, 4) is 0 Å². The van der Waals surface area contributed by atoms with E-state index in [1.807, 2.05) is 0 Å². The van der Waals surface area contributed by atoms with Gasteiger partial charge in [-0.3, -0.25) is 0 Å². The lowest BCUT2D eigenvalue weighted by Crippen LogP contribution is -2.44. The van der Waals surface area contributed by atoms with Crippen molar-refractivity contribution < 1.29 is 0 Å². The molecule has 0 bridgehead atoms. The van der Waals surface area contributed by atoms with Crippen LogP contribution in [0.2, 0.25) is 0 Å². The molecular formula is C14H22N2. The van der Waals surface area contributed by atoms with E-state index in [0.29, 0.717) is 0 Å². The van der Waals surface area contributed by atoms with Crippen LogP contribution in [0.1, 0.15) is 12.8 Å². The van der Waals surface area contributed by atoms with Gasteiger partial charge in [-0.15, -0.1) is 0 Å². The molecule has 2 aliphatic rings.